The molecular formula is C28H20N2O6. The molecule has 1 aliphatic heterocycles. The number of hydrogen-bond acceptors (Lipinski definition) is 7. The second-order valence-electron chi connectivity index (χ2n) is 7.84. The zero-order valence-electron chi connectivity index (χ0n) is 19.0. The van der Waals surface area contributed by atoms with Crippen LogP contribution in [0.1, 0.15) is 15.9 Å². The molecule has 0 spiro atoms. The van der Waals surface area contributed by atoms with Crippen molar-refractivity contribution in [3.63, 3.8) is 0 Å². The first-order valence-corrected chi connectivity index (χ1v) is 11.2. The Kier molecular flexibility index (Phi) is 6.36. The van der Waals surface area contributed by atoms with Gasteiger partial charge in [-0.1, -0.05) is 60.7 Å². The van der Waals surface area contributed by atoms with Gasteiger partial charge in [-0.05, 0) is 23.8 Å². The van der Waals surface area contributed by atoms with Crippen molar-refractivity contribution in [2.45, 2.75) is 0 Å². The van der Waals surface area contributed by atoms with Gasteiger partial charge >= 0.3 is 5.97 Å². The van der Waals surface area contributed by atoms with Crippen molar-refractivity contribution in [3.05, 3.63) is 90.0 Å². The number of carbonyl (C=O) groups is 2. The minimum atomic E-state index is -0.697. The van der Waals surface area contributed by atoms with E-state index in [9.17, 15) is 14.9 Å². The highest BCUT2D eigenvalue weighted by atomic mass is 16.6. The van der Waals surface area contributed by atoms with Gasteiger partial charge in [-0.2, -0.15) is 5.26 Å². The van der Waals surface area contributed by atoms with Crippen LogP contribution in [0.4, 0.5) is 5.88 Å². The molecule has 3 aromatic carbocycles. The molecule has 8 heteroatoms. The molecule has 0 fully saturated rings. The van der Waals surface area contributed by atoms with Crippen LogP contribution in [0.15, 0.2) is 83.3 Å². The largest absolute Gasteiger partial charge is 0.486 e. The number of benzene rings is 3. The maximum absolute atomic E-state index is 12.6. The van der Waals surface area contributed by atoms with Crippen molar-refractivity contribution in [3.8, 4) is 40.0 Å². The highest BCUT2D eigenvalue weighted by molar-refractivity contribution is 5.98. The van der Waals surface area contributed by atoms with Crippen molar-refractivity contribution < 1.29 is 28.2 Å². The highest BCUT2D eigenvalue weighted by Crippen LogP contribution is 2.41. The SMILES string of the molecule is N#Cc1c(NC(=O)COC(=O)c2ccc3c(c2)OCCO3)oc(-c2ccccc2)c1-c1ccccc1. The minimum Gasteiger partial charge on any atom is -0.486 e. The Morgan fingerprint density at radius 2 is 1.56 bits per heavy atom. The van der Waals surface area contributed by atoms with E-state index in [1.807, 2.05) is 60.7 Å². The molecule has 1 aromatic heterocycles. The first-order valence-electron chi connectivity index (χ1n) is 11.2. The van der Waals surface area contributed by atoms with E-state index in [2.05, 4.69) is 11.4 Å². The number of hydrogen-bond donors (Lipinski definition) is 1. The molecule has 1 amide bonds. The van der Waals surface area contributed by atoms with Crippen LogP contribution in [0.5, 0.6) is 11.5 Å². The molecule has 0 saturated carbocycles. The van der Waals surface area contributed by atoms with Crippen LogP contribution in [-0.2, 0) is 9.53 Å². The molecule has 36 heavy (non-hydrogen) atoms. The zero-order valence-corrected chi connectivity index (χ0v) is 19.0. The number of nitrogens with zero attached hydrogens (tertiary/aromatic N) is 1. The molecule has 8 nitrogen and oxygen atoms in total. The minimum absolute atomic E-state index is 0.0180. The average Bonchev–Trinajstić information content (AvgIpc) is 3.30. The van der Waals surface area contributed by atoms with Gasteiger partial charge in [0.05, 0.1) is 5.56 Å². The summed E-state index contributed by atoms with van der Waals surface area (Å²) in [6.45, 7) is 0.251. The van der Waals surface area contributed by atoms with E-state index >= 15 is 0 Å². The Hall–Kier alpha value is -5.03. The first kappa shape index (κ1) is 22.7. The van der Waals surface area contributed by atoms with E-state index in [1.165, 1.54) is 12.1 Å². The van der Waals surface area contributed by atoms with Crippen LogP contribution in [0.2, 0.25) is 0 Å². The third-order valence-corrected chi connectivity index (χ3v) is 5.48. The standard InChI is InChI=1S/C28H20N2O6/c29-16-21-25(18-7-3-1-4-8-18)26(19-9-5-2-6-10-19)36-27(21)30-24(31)17-35-28(32)20-11-12-22-23(15-20)34-14-13-33-22/h1-12,15H,13-14,17H2,(H,30,31). The van der Waals surface area contributed by atoms with Crippen LogP contribution >= 0.6 is 0 Å². The number of ether oxygens (including phenoxy) is 3. The van der Waals surface area contributed by atoms with Crippen molar-refractivity contribution in [2.75, 3.05) is 25.1 Å². The maximum atomic E-state index is 12.6. The molecule has 1 aliphatic rings. The van der Waals surface area contributed by atoms with E-state index < -0.39 is 18.5 Å². The van der Waals surface area contributed by atoms with Crippen molar-refractivity contribution in [1.82, 2.24) is 0 Å². The molecule has 0 saturated heterocycles. The molecule has 2 heterocycles. The second-order valence-corrected chi connectivity index (χ2v) is 7.84. The molecule has 0 atom stereocenters. The summed E-state index contributed by atoms with van der Waals surface area (Å²) in [5.41, 5.74) is 2.47. The lowest BCUT2D eigenvalue weighted by Gasteiger charge is -2.18. The summed E-state index contributed by atoms with van der Waals surface area (Å²) in [4.78, 5) is 25.1. The molecule has 0 bridgehead atoms. The van der Waals surface area contributed by atoms with E-state index in [0.717, 1.165) is 11.1 Å². The topological polar surface area (TPSA) is 111 Å². The number of anilines is 1. The lowest BCUT2D eigenvalue weighted by molar-refractivity contribution is -0.119. The predicted molar refractivity (Wildman–Crippen MR) is 131 cm³/mol. The molecule has 0 radical (unpaired) electrons. The molecule has 5 rings (SSSR count). The Morgan fingerprint density at radius 3 is 2.25 bits per heavy atom. The molecule has 0 unspecified atom stereocenters. The number of esters is 1. The number of nitrogens with one attached hydrogen (secondary N) is 1. The number of fused-ring (bicyclic) bond motifs is 1. The van der Waals surface area contributed by atoms with Crippen LogP contribution in [0.25, 0.3) is 22.5 Å². The fourth-order valence-corrected chi connectivity index (χ4v) is 3.85. The Balaban J connectivity index is 1.36. The van der Waals surface area contributed by atoms with Gasteiger partial charge in [0.15, 0.2) is 18.1 Å². The molecular weight excluding hydrogens is 460 g/mol. The Bertz CT molecular complexity index is 1450. The Morgan fingerprint density at radius 1 is 0.889 bits per heavy atom. The third-order valence-electron chi connectivity index (χ3n) is 5.48. The molecule has 0 aliphatic carbocycles. The van der Waals surface area contributed by atoms with Gasteiger partial charge in [0.1, 0.15) is 30.6 Å². The van der Waals surface area contributed by atoms with Gasteiger partial charge in [0.2, 0.25) is 5.88 Å². The van der Waals surface area contributed by atoms with Crippen LogP contribution in [0, 0.1) is 11.3 Å². The maximum Gasteiger partial charge on any atom is 0.338 e. The van der Waals surface area contributed by atoms with Gasteiger partial charge < -0.3 is 18.6 Å². The summed E-state index contributed by atoms with van der Waals surface area (Å²) in [5.74, 6) is 0.0667. The number of rotatable bonds is 6. The number of nitriles is 1. The number of amides is 1. The lowest BCUT2D eigenvalue weighted by atomic mass is 9.98. The summed E-state index contributed by atoms with van der Waals surface area (Å²) in [6, 6.07) is 25.4. The zero-order chi connectivity index (χ0) is 24.9. The normalized spacial score (nSPS) is 11.9. The van der Waals surface area contributed by atoms with Gasteiger partial charge in [-0.15, -0.1) is 0 Å². The van der Waals surface area contributed by atoms with E-state index in [-0.39, 0.29) is 17.0 Å². The highest BCUT2D eigenvalue weighted by Gasteiger charge is 2.24. The van der Waals surface area contributed by atoms with Crippen molar-refractivity contribution in [1.29, 1.82) is 5.26 Å². The van der Waals surface area contributed by atoms with Gasteiger partial charge in [0.25, 0.3) is 5.91 Å². The summed E-state index contributed by atoms with van der Waals surface area (Å²) < 4.78 is 22.1. The fourth-order valence-electron chi connectivity index (χ4n) is 3.85. The summed E-state index contributed by atoms with van der Waals surface area (Å²) in [6.07, 6.45) is 0. The quantitative estimate of drug-likeness (QED) is 0.384. The van der Waals surface area contributed by atoms with E-state index in [0.29, 0.717) is 36.0 Å². The lowest BCUT2D eigenvalue weighted by Crippen LogP contribution is -2.21. The summed E-state index contributed by atoms with van der Waals surface area (Å²) in [7, 11) is 0. The summed E-state index contributed by atoms with van der Waals surface area (Å²) in [5, 5.41) is 12.5. The van der Waals surface area contributed by atoms with Gasteiger partial charge in [-0.25, -0.2) is 4.79 Å². The predicted octanol–water partition coefficient (Wildman–Crippen LogP) is 5.05. The molecule has 4 aromatic rings. The second kappa shape index (κ2) is 10.1. The first-order chi connectivity index (χ1) is 17.6. The Labute approximate surface area is 206 Å². The molecule has 1 N–H and O–H groups in total. The van der Waals surface area contributed by atoms with E-state index in [1.54, 1.807) is 6.07 Å². The molecule has 178 valence electrons. The van der Waals surface area contributed by atoms with Crippen LogP contribution in [0.3, 0.4) is 0 Å². The fraction of sp³-hybridized carbons (Fsp3) is 0.107. The third kappa shape index (κ3) is 4.63. The van der Waals surface area contributed by atoms with E-state index in [4.69, 9.17) is 18.6 Å². The van der Waals surface area contributed by atoms with Gasteiger partial charge in [-0.3, -0.25) is 10.1 Å². The number of furan rings is 1. The van der Waals surface area contributed by atoms with Crippen molar-refractivity contribution in [2.24, 2.45) is 0 Å². The van der Waals surface area contributed by atoms with Crippen molar-refractivity contribution >= 4 is 17.8 Å². The monoisotopic (exact) mass is 480 g/mol. The van der Waals surface area contributed by atoms with Crippen LogP contribution in [-0.4, -0.2) is 31.7 Å². The summed E-state index contributed by atoms with van der Waals surface area (Å²) >= 11 is 0. The smallest absolute Gasteiger partial charge is 0.338 e. The number of carbonyl (C=O) groups excluding carboxylic acids is 2. The van der Waals surface area contributed by atoms with Gasteiger partial charge in [0, 0.05) is 11.1 Å². The average molecular weight is 480 g/mol. The van der Waals surface area contributed by atoms with Crippen LogP contribution < -0.4 is 14.8 Å².